The number of benzene rings is 2. The Labute approximate surface area is 147 Å². The fraction of sp³-hybridized carbons (Fsp3) is 0.250. The predicted molar refractivity (Wildman–Crippen MR) is 101 cm³/mol. The summed E-state index contributed by atoms with van der Waals surface area (Å²) in [6.45, 7) is 2.83. The van der Waals surface area contributed by atoms with Gasteiger partial charge in [-0.2, -0.15) is 0 Å². The molecule has 5 heteroatoms. The normalized spacial score (nSPS) is 10.6. The lowest BCUT2D eigenvalue weighted by atomic mass is 10.1. The Balaban J connectivity index is 1.49. The zero-order valence-electron chi connectivity index (χ0n) is 14.6. The van der Waals surface area contributed by atoms with Crippen molar-refractivity contribution < 1.29 is 9.53 Å². The van der Waals surface area contributed by atoms with Crippen LogP contribution in [0.2, 0.25) is 0 Å². The molecular weight excluding hydrogens is 314 g/mol. The molecule has 0 bridgehead atoms. The van der Waals surface area contributed by atoms with Gasteiger partial charge in [-0.05, 0) is 42.7 Å². The Morgan fingerprint density at radius 1 is 1.20 bits per heavy atom. The molecule has 3 rings (SSSR count). The number of hydrogen-bond acceptors (Lipinski definition) is 3. The van der Waals surface area contributed by atoms with Crippen molar-refractivity contribution in [2.45, 2.75) is 13.3 Å². The molecule has 0 aliphatic rings. The third-order valence-electron chi connectivity index (χ3n) is 4.19. The first kappa shape index (κ1) is 16.9. The molecule has 1 aromatic heterocycles. The number of ether oxygens (including phenoxy) is 1. The second kappa shape index (κ2) is 7.75. The van der Waals surface area contributed by atoms with E-state index in [9.17, 15) is 4.79 Å². The van der Waals surface area contributed by atoms with Gasteiger partial charge in [-0.15, -0.1) is 0 Å². The molecule has 0 radical (unpaired) electrons. The lowest BCUT2D eigenvalue weighted by molar-refractivity contribution is -0.119. The quantitative estimate of drug-likeness (QED) is 0.620. The number of rotatable bonds is 7. The highest BCUT2D eigenvalue weighted by Gasteiger charge is 2.07. The molecule has 0 aliphatic carbocycles. The number of aromatic nitrogens is 1. The maximum Gasteiger partial charge on any atom is 0.239 e. The zero-order valence-corrected chi connectivity index (χ0v) is 14.6. The molecule has 3 N–H and O–H groups in total. The first-order valence-corrected chi connectivity index (χ1v) is 8.37. The number of fused-ring (bicyclic) bond motifs is 1. The minimum Gasteiger partial charge on any atom is -0.495 e. The number of amides is 1. The van der Waals surface area contributed by atoms with Crippen molar-refractivity contribution in [3.05, 3.63) is 59.8 Å². The van der Waals surface area contributed by atoms with Crippen molar-refractivity contribution in [3.63, 3.8) is 0 Å². The first-order valence-electron chi connectivity index (χ1n) is 8.37. The average molecular weight is 337 g/mol. The Morgan fingerprint density at radius 3 is 2.88 bits per heavy atom. The number of carbonyl (C=O) groups is 1. The van der Waals surface area contributed by atoms with Crippen LogP contribution in [-0.2, 0) is 11.2 Å². The molecular formula is C20H23N3O2. The lowest BCUT2D eigenvalue weighted by Gasteiger charge is -2.12. The number of anilines is 1. The summed E-state index contributed by atoms with van der Waals surface area (Å²) in [5.41, 5.74) is 4.28. The molecule has 0 saturated heterocycles. The first-order chi connectivity index (χ1) is 12.2. The van der Waals surface area contributed by atoms with Crippen LogP contribution in [0.1, 0.15) is 11.1 Å². The van der Waals surface area contributed by atoms with E-state index in [-0.39, 0.29) is 12.5 Å². The van der Waals surface area contributed by atoms with Gasteiger partial charge in [0, 0.05) is 23.6 Å². The van der Waals surface area contributed by atoms with Crippen LogP contribution in [0.3, 0.4) is 0 Å². The van der Waals surface area contributed by atoms with E-state index < -0.39 is 0 Å². The number of aryl methyl sites for hydroxylation is 1. The number of para-hydroxylation sites is 1. The van der Waals surface area contributed by atoms with Crippen LogP contribution in [0.15, 0.2) is 48.7 Å². The van der Waals surface area contributed by atoms with Crippen LogP contribution >= 0.6 is 0 Å². The summed E-state index contributed by atoms with van der Waals surface area (Å²) >= 11 is 0. The molecule has 0 atom stereocenters. The predicted octanol–water partition coefficient (Wildman–Crippen LogP) is 3.26. The van der Waals surface area contributed by atoms with E-state index >= 15 is 0 Å². The van der Waals surface area contributed by atoms with Gasteiger partial charge in [0.1, 0.15) is 5.75 Å². The lowest BCUT2D eigenvalue weighted by Crippen LogP contribution is -2.31. The summed E-state index contributed by atoms with van der Waals surface area (Å²) in [7, 11) is 1.62. The largest absolute Gasteiger partial charge is 0.495 e. The van der Waals surface area contributed by atoms with Crippen LogP contribution in [0.5, 0.6) is 5.75 Å². The molecule has 0 unspecified atom stereocenters. The highest BCUT2D eigenvalue weighted by atomic mass is 16.5. The standard InChI is InChI=1S/C20H23N3O2/c1-14-7-8-19(25-2)18(11-14)23-13-20(24)21-10-9-15-12-22-17-6-4-3-5-16(15)17/h3-8,11-12,22-23H,9-10,13H2,1-2H3,(H,21,24). The minimum absolute atomic E-state index is 0.0385. The Hall–Kier alpha value is -2.95. The molecule has 5 nitrogen and oxygen atoms in total. The van der Waals surface area contributed by atoms with Gasteiger partial charge >= 0.3 is 0 Å². The molecule has 25 heavy (non-hydrogen) atoms. The third kappa shape index (κ3) is 4.12. The van der Waals surface area contributed by atoms with Crippen molar-refractivity contribution in [1.29, 1.82) is 0 Å². The molecule has 0 spiro atoms. The van der Waals surface area contributed by atoms with E-state index in [1.165, 1.54) is 10.9 Å². The smallest absolute Gasteiger partial charge is 0.239 e. The molecule has 0 fully saturated rings. The van der Waals surface area contributed by atoms with Crippen molar-refractivity contribution in [2.75, 3.05) is 25.5 Å². The molecule has 0 saturated carbocycles. The van der Waals surface area contributed by atoms with Gasteiger partial charge in [0.2, 0.25) is 5.91 Å². The van der Waals surface area contributed by atoms with E-state index in [1.54, 1.807) is 7.11 Å². The van der Waals surface area contributed by atoms with Gasteiger partial charge in [-0.25, -0.2) is 0 Å². The molecule has 1 heterocycles. The molecule has 1 amide bonds. The van der Waals surface area contributed by atoms with E-state index in [2.05, 4.69) is 27.8 Å². The van der Waals surface area contributed by atoms with E-state index in [1.807, 2.05) is 43.5 Å². The van der Waals surface area contributed by atoms with E-state index in [0.717, 1.165) is 28.9 Å². The van der Waals surface area contributed by atoms with Crippen LogP contribution < -0.4 is 15.4 Å². The maximum atomic E-state index is 12.1. The topological polar surface area (TPSA) is 66.2 Å². The highest BCUT2D eigenvalue weighted by Crippen LogP contribution is 2.24. The van der Waals surface area contributed by atoms with Gasteiger partial charge in [0.25, 0.3) is 0 Å². The zero-order chi connectivity index (χ0) is 17.6. The minimum atomic E-state index is -0.0385. The number of carbonyl (C=O) groups excluding carboxylic acids is 1. The van der Waals surface area contributed by atoms with Crippen LogP contribution in [-0.4, -0.2) is 31.1 Å². The van der Waals surface area contributed by atoms with Crippen LogP contribution in [0.25, 0.3) is 10.9 Å². The van der Waals surface area contributed by atoms with Crippen molar-refractivity contribution in [1.82, 2.24) is 10.3 Å². The van der Waals surface area contributed by atoms with Crippen molar-refractivity contribution >= 4 is 22.5 Å². The van der Waals surface area contributed by atoms with Gasteiger partial charge in [-0.1, -0.05) is 24.3 Å². The Bertz CT molecular complexity index is 870. The van der Waals surface area contributed by atoms with Crippen molar-refractivity contribution in [2.24, 2.45) is 0 Å². The summed E-state index contributed by atoms with van der Waals surface area (Å²) in [6.07, 6.45) is 2.80. The molecule has 3 aromatic rings. The van der Waals surface area contributed by atoms with Gasteiger partial charge < -0.3 is 20.4 Å². The summed E-state index contributed by atoms with van der Waals surface area (Å²) in [4.78, 5) is 15.3. The Morgan fingerprint density at radius 2 is 2.04 bits per heavy atom. The fourth-order valence-corrected chi connectivity index (χ4v) is 2.87. The number of H-pyrrole nitrogens is 1. The van der Waals surface area contributed by atoms with E-state index in [0.29, 0.717) is 6.54 Å². The second-order valence-corrected chi connectivity index (χ2v) is 6.02. The van der Waals surface area contributed by atoms with E-state index in [4.69, 9.17) is 4.74 Å². The maximum absolute atomic E-state index is 12.1. The Kier molecular flexibility index (Phi) is 5.23. The number of methoxy groups -OCH3 is 1. The van der Waals surface area contributed by atoms with Gasteiger partial charge in [0.05, 0.1) is 19.3 Å². The summed E-state index contributed by atoms with van der Waals surface area (Å²) < 4.78 is 5.31. The number of aromatic amines is 1. The average Bonchev–Trinajstić information content (AvgIpc) is 3.03. The molecule has 0 aliphatic heterocycles. The second-order valence-electron chi connectivity index (χ2n) is 6.02. The van der Waals surface area contributed by atoms with Crippen LogP contribution in [0.4, 0.5) is 5.69 Å². The van der Waals surface area contributed by atoms with Crippen molar-refractivity contribution in [3.8, 4) is 5.75 Å². The fourth-order valence-electron chi connectivity index (χ4n) is 2.87. The summed E-state index contributed by atoms with van der Waals surface area (Å²) in [6, 6.07) is 14.0. The highest BCUT2D eigenvalue weighted by molar-refractivity contribution is 5.83. The number of nitrogens with one attached hydrogen (secondary N) is 3. The molecule has 130 valence electrons. The van der Waals surface area contributed by atoms with Gasteiger partial charge in [0.15, 0.2) is 0 Å². The summed E-state index contributed by atoms with van der Waals surface area (Å²) in [5.74, 6) is 0.695. The monoisotopic (exact) mass is 337 g/mol. The van der Waals surface area contributed by atoms with Gasteiger partial charge in [-0.3, -0.25) is 4.79 Å². The van der Waals surface area contributed by atoms with Crippen LogP contribution in [0, 0.1) is 6.92 Å². The SMILES string of the molecule is COc1ccc(C)cc1NCC(=O)NCCc1c[nH]c2ccccc12. The summed E-state index contributed by atoms with van der Waals surface area (Å²) in [5, 5.41) is 7.29. The third-order valence-corrected chi connectivity index (χ3v) is 4.19. The number of hydrogen-bond donors (Lipinski definition) is 3. The molecule has 2 aromatic carbocycles.